The Morgan fingerprint density at radius 3 is 2.52 bits per heavy atom. The van der Waals surface area contributed by atoms with Gasteiger partial charge in [-0.1, -0.05) is 30.3 Å². The first-order chi connectivity index (χ1) is 14.9. The van der Waals surface area contributed by atoms with Gasteiger partial charge in [0.25, 0.3) is 0 Å². The SMILES string of the molecule is COc1ccc2c(c1OC)[C@@]13C=CC(=O)C[C@H]1[C@H](C2)N(S(=O)(=O)c1ccccc1)CC3. The molecule has 3 aliphatic rings. The number of methoxy groups -OCH3 is 2. The second-order valence-corrected chi connectivity index (χ2v) is 10.3. The predicted molar refractivity (Wildman–Crippen MR) is 116 cm³/mol. The lowest BCUT2D eigenvalue weighted by atomic mass is 9.54. The van der Waals surface area contributed by atoms with Crippen LogP contribution in [0.3, 0.4) is 0 Å². The maximum atomic E-state index is 13.6. The van der Waals surface area contributed by atoms with Crippen LogP contribution < -0.4 is 9.47 Å². The van der Waals surface area contributed by atoms with Crippen LogP contribution in [-0.2, 0) is 26.7 Å². The molecule has 3 atom stereocenters. The zero-order valence-electron chi connectivity index (χ0n) is 17.6. The van der Waals surface area contributed by atoms with Crippen LogP contribution in [0.5, 0.6) is 11.5 Å². The lowest BCUT2D eigenvalue weighted by Crippen LogP contribution is -2.61. The van der Waals surface area contributed by atoms with Gasteiger partial charge in [-0.15, -0.1) is 0 Å². The van der Waals surface area contributed by atoms with Crippen LogP contribution >= 0.6 is 0 Å². The van der Waals surface area contributed by atoms with Gasteiger partial charge in [-0.3, -0.25) is 4.79 Å². The average Bonchev–Trinajstić information content (AvgIpc) is 2.78. The summed E-state index contributed by atoms with van der Waals surface area (Å²) in [5, 5.41) is 0. The fourth-order valence-corrected chi connectivity index (χ4v) is 7.46. The number of hydrogen-bond donors (Lipinski definition) is 0. The molecule has 0 N–H and O–H groups in total. The van der Waals surface area contributed by atoms with Crippen LogP contribution in [-0.4, -0.2) is 45.3 Å². The predicted octanol–water partition coefficient (Wildman–Crippen LogP) is 3.11. The molecule has 1 saturated heterocycles. The molecular weight excluding hydrogens is 414 g/mol. The molecule has 2 aromatic carbocycles. The summed E-state index contributed by atoms with van der Waals surface area (Å²) in [7, 11) is -0.434. The highest BCUT2D eigenvalue weighted by Gasteiger charge is 2.57. The van der Waals surface area contributed by atoms with Crippen LogP contribution in [0.15, 0.2) is 59.5 Å². The van der Waals surface area contributed by atoms with Gasteiger partial charge in [-0.2, -0.15) is 4.31 Å². The first-order valence-corrected chi connectivity index (χ1v) is 11.9. The van der Waals surface area contributed by atoms with Gasteiger partial charge < -0.3 is 9.47 Å². The monoisotopic (exact) mass is 439 g/mol. The molecule has 6 nitrogen and oxygen atoms in total. The van der Waals surface area contributed by atoms with Gasteiger partial charge in [0, 0.05) is 30.0 Å². The van der Waals surface area contributed by atoms with Gasteiger partial charge in [-0.25, -0.2) is 8.42 Å². The highest BCUT2D eigenvalue weighted by molar-refractivity contribution is 7.89. The van der Waals surface area contributed by atoms with Crippen LogP contribution in [0.2, 0.25) is 0 Å². The van der Waals surface area contributed by atoms with Crippen LogP contribution in [0.1, 0.15) is 24.0 Å². The summed E-state index contributed by atoms with van der Waals surface area (Å²) in [6.45, 7) is 0.386. The van der Waals surface area contributed by atoms with Crippen LogP contribution in [0.4, 0.5) is 0 Å². The molecule has 2 aromatic rings. The molecule has 0 radical (unpaired) electrons. The molecule has 162 valence electrons. The smallest absolute Gasteiger partial charge is 0.243 e. The van der Waals surface area contributed by atoms with Crippen molar-refractivity contribution in [2.45, 2.75) is 35.6 Å². The Labute approximate surface area is 182 Å². The lowest BCUT2D eigenvalue weighted by molar-refractivity contribution is -0.118. The topological polar surface area (TPSA) is 72.9 Å². The largest absolute Gasteiger partial charge is 0.493 e. The zero-order chi connectivity index (χ0) is 21.8. The summed E-state index contributed by atoms with van der Waals surface area (Å²) in [5.74, 6) is 1.22. The van der Waals surface area contributed by atoms with Gasteiger partial charge in [0.1, 0.15) is 0 Å². The maximum Gasteiger partial charge on any atom is 0.243 e. The molecule has 2 aliphatic carbocycles. The summed E-state index contributed by atoms with van der Waals surface area (Å²) < 4.78 is 40.1. The van der Waals surface area contributed by atoms with Gasteiger partial charge in [0.15, 0.2) is 17.3 Å². The quantitative estimate of drug-likeness (QED) is 0.732. The van der Waals surface area contributed by atoms with Crippen molar-refractivity contribution in [3.8, 4) is 11.5 Å². The van der Waals surface area contributed by atoms with Crippen molar-refractivity contribution in [2.75, 3.05) is 20.8 Å². The third-order valence-corrected chi connectivity index (χ3v) is 9.04. The molecule has 7 heteroatoms. The summed E-state index contributed by atoms with van der Waals surface area (Å²) in [6.07, 6.45) is 5.09. The Morgan fingerprint density at radius 1 is 1.03 bits per heavy atom. The Kier molecular flexibility index (Phi) is 4.71. The van der Waals surface area contributed by atoms with E-state index >= 15 is 0 Å². The number of sulfonamides is 1. The van der Waals surface area contributed by atoms with E-state index in [-0.39, 0.29) is 17.7 Å². The van der Waals surface area contributed by atoms with Crippen molar-refractivity contribution in [1.82, 2.24) is 4.31 Å². The zero-order valence-corrected chi connectivity index (χ0v) is 18.4. The fourth-order valence-electron chi connectivity index (χ4n) is 5.78. The van der Waals surface area contributed by atoms with E-state index in [9.17, 15) is 13.2 Å². The van der Waals surface area contributed by atoms with Gasteiger partial charge >= 0.3 is 0 Å². The molecule has 0 amide bonds. The Hall–Kier alpha value is -2.64. The molecular formula is C24H25NO5S. The number of carbonyl (C=O) groups excluding carboxylic acids is 1. The van der Waals surface area contributed by atoms with Crippen molar-refractivity contribution in [3.05, 3.63) is 65.7 Å². The van der Waals surface area contributed by atoms with Gasteiger partial charge in [-0.05, 0) is 48.6 Å². The second-order valence-electron chi connectivity index (χ2n) is 8.44. The fraction of sp³-hybridized carbons (Fsp3) is 0.375. The standard InChI is InChI=1S/C24H25NO5S/c1-29-21-9-8-16-14-20-19-15-17(26)10-11-24(19,22(16)23(21)30-2)12-13-25(20)31(27,28)18-6-4-3-5-7-18/h3-11,19-20H,12-15H2,1-2H3/t19-,20-,24+/m0/s1. The molecule has 2 bridgehead atoms. The summed E-state index contributed by atoms with van der Waals surface area (Å²) in [6, 6.07) is 12.1. The number of nitrogens with zero attached hydrogens (tertiary/aromatic N) is 1. The van der Waals surface area contributed by atoms with Crippen molar-refractivity contribution in [1.29, 1.82) is 0 Å². The summed E-state index contributed by atoms with van der Waals surface area (Å²) in [5.41, 5.74) is 1.64. The van der Waals surface area contributed by atoms with E-state index in [2.05, 4.69) is 0 Å². The van der Waals surface area contributed by atoms with Crippen LogP contribution in [0.25, 0.3) is 0 Å². The number of carbonyl (C=O) groups is 1. The van der Waals surface area contributed by atoms with Crippen LogP contribution in [0, 0.1) is 5.92 Å². The van der Waals surface area contributed by atoms with E-state index in [1.54, 1.807) is 54.9 Å². The molecule has 0 spiro atoms. The Bertz CT molecular complexity index is 1170. The average molecular weight is 440 g/mol. The van der Waals surface area contributed by atoms with Crippen molar-refractivity contribution in [3.63, 3.8) is 0 Å². The molecule has 0 unspecified atom stereocenters. The maximum absolute atomic E-state index is 13.6. The molecule has 1 aliphatic heterocycles. The Balaban J connectivity index is 1.70. The third kappa shape index (κ3) is 2.87. The van der Waals surface area contributed by atoms with E-state index in [0.717, 1.165) is 11.1 Å². The molecule has 5 rings (SSSR count). The first kappa shape index (κ1) is 20.3. The molecule has 0 aromatic heterocycles. The van der Waals surface area contributed by atoms with Gasteiger partial charge in [0.2, 0.25) is 10.0 Å². The van der Waals surface area contributed by atoms with E-state index in [1.807, 2.05) is 18.2 Å². The van der Waals surface area contributed by atoms with E-state index < -0.39 is 15.4 Å². The van der Waals surface area contributed by atoms with E-state index in [4.69, 9.17) is 9.47 Å². The molecule has 31 heavy (non-hydrogen) atoms. The second kappa shape index (κ2) is 7.21. The highest BCUT2D eigenvalue weighted by atomic mass is 32.2. The summed E-state index contributed by atoms with van der Waals surface area (Å²) >= 11 is 0. The minimum absolute atomic E-state index is 0.0369. The van der Waals surface area contributed by atoms with E-state index in [1.165, 1.54) is 0 Å². The minimum Gasteiger partial charge on any atom is -0.493 e. The number of piperidine rings is 1. The number of rotatable bonds is 4. The number of benzene rings is 2. The number of ketones is 1. The Morgan fingerprint density at radius 2 is 1.81 bits per heavy atom. The van der Waals surface area contributed by atoms with Gasteiger partial charge in [0.05, 0.1) is 19.1 Å². The number of fused-ring (bicyclic) bond motifs is 1. The van der Waals surface area contributed by atoms with Crippen molar-refractivity contribution in [2.24, 2.45) is 5.92 Å². The van der Waals surface area contributed by atoms with Crippen molar-refractivity contribution < 1.29 is 22.7 Å². The molecule has 0 saturated carbocycles. The molecule has 1 fully saturated rings. The number of ether oxygens (including phenoxy) is 2. The minimum atomic E-state index is -3.67. The third-order valence-electron chi connectivity index (χ3n) is 7.11. The number of hydrogen-bond acceptors (Lipinski definition) is 5. The first-order valence-electron chi connectivity index (χ1n) is 10.5. The number of allylic oxidation sites excluding steroid dienone is 2. The van der Waals surface area contributed by atoms with Crippen molar-refractivity contribution >= 4 is 15.8 Å². The lowest BCUT2D eigenvalue weighted by Gasteiger charge is -2.56. The van der Waals surface area contributed by atoms with E-state index in [0.29, 0.717) is 42.2 Å². The molecule has 1 heterocycles. The summed E-state index contributed by atoms with van der Waals surface area (Å²) in [4.78, 5) is 12.7. The normalized spacial score (nSPS) is 27.4. The highest BCUT2D eigenvalue weighted by Crippen LogP contribution is 2.57.